The van der Waals surface area contributed by atoms with Gasteiger partial charge in [0.1, 0.15) is 0 Å². The molecule has 0 bridgehead atoms. The third-order valence-electron chi connectivity index (χ3n) is 2.47. The molecule has 1 aromatic carbocycles. The van der Waals surface area contributed by atoms with E-state index in [0.29, 0.717) is 5.75 Å². The van der Waals surface area contributed by atoms with E-state index in [9.17, 15) is 18.3 Å². The van der Waals surface area contributed by atoms with Crippen LogP contribution >= 0.6 is 0 Å². The summed E-state index contributed by atoms with van der Waals surface area (Å²) in [5.41, 5.74) is -0.922. The zero-order valence-electron chi connectivity index (χ0n) is 11.2. The molecule has 0 fully saturated rings. The number of nitrogens with zero attached hydrogens (tertiary/aromatic N) is 1. The molecular weight excluding hydrogens is 300 g/mol. The van der Waals surface area contributed by atoms with E-state index in [-0.39, 0.29) is 5.75 Å². The molecular formula is C12H12N2O6S. The van der Waals surface area contributed by atoms with Crippen LogP contribution in [0.5, 0.6) is 23.1 Å². The number of aromatic amines is 1. The number of H-pyrrole nitrogens is 1. The highest BCUT2D eigenvalue weighted by molar-refractivity contribution is 7.90. The monoisotopic (exact) mass is 312 g/mol. The average Bonchev–Trinajstić information content (AvgIpc) is 2.42. The Labute approximate surface area is 119 Å². The molecule has 0 radical (unpaired) electrons. The molecule has 2 rings (SSSR count). The van der Waals surface area contributed by atoms with E-state index in [2.05, 4.69) is 4.98 Å². The number of methoxy groups -OCH3 is 1. The van der Waals surface area contributed by atoms with Crippen LogP contribution in [0.3, 0.4) is 0 Å². The number of rotatable bonds is 4. The summed E-state index contributed by atoms with van der Waals surface area (Å²) in [6.07, 6.45) is 0.853. The Morgan fingerprint density at radius 2 is 1.86 bits per heavy atom. The smallest absolute Gasteiger partial charge is 0.298 e. The van der Waals surface area contributed by atoms with Gasteiger partial charge in [-0.1, -0.05) is 12.1 Å². The van der Waals surface area contributed by atoms with Gasteiger partial charge in [-0.05, 0) is 12.1 Å². The van der Waals surface area contributed by atoms with Crippen molar-refractivity contribution >= 4 is 9.84 Å². The molecule has 0 aliphatic rings. The minimum atomic E-state index is -3.76. The Morgan fingerprint density at radius 3 is 2.38 bits per heavy atom. The molecule has 8 nitrogen and oxygen atoms in total. The van der Waals surface area contributed by atoms with E-state index >= 15 is 0 Å². The number of para-hydroxylation sites is 2. The van der Waals surface area contributed by atoms with Crippen LogP contribution in [0.25, 0.3) is 0 Å². The minimum Gasteiger partial charge on any atom is -0.493 e. The van der Waals surface area contributed by atoms with Gasteiger partial charge in [-0.2, -0.15) is 4.98 Å². The molecule has 1 heterocycles. The molecule has 2 aromatic rings. The second-order valence-corrected chi connectivity index (χ2v) is 5.98. The number of hydrogen-bond donors (Lipinski definition) is 2. The van der Waals surface area contributed by atoms with Gasteiger partial charge in [-0.25, -0.2) is 8.42 Å². The van der Waals surface area contributed by atoms with E-state index in [4.69, 9.17) is 9.47 Å². The number of hydrogen-bond acceptors (Lipinski definition) is 7. The lowest BCUT2D eigenvalue weighted by molar-refractivity contribution is 0.354. The lowest BCUT2D eigenvalue weighted by Gasteiger charge is -2.10. The zero-order chi connectivity index (χ0) is 15.6. The van der Waals surface area contributed by atoms with Gasteiger partial charge >= 0.3 is 0 Å². The predicted octanol–water partition coefficient (Wildman–Crippen LogP) is 0.680. The number of aromatic hydroxyl groups is 1. The second-order valence-electron chi connectivity index (χ2n) is 4.05. The molecule has 0 amide bonds. The standard InChI is InChI=1S/C12H12N2O6S/c1-19-7-5-3-4-6-8(7)20-9-10(15)13-12(14-11(9)16)21(2,17)18/h3-6H,1-2H3,(H2,13,14,15,16). The fourth-order valence-corrected chi connectivity index (χ4v) is 2.04. The maximum atomic E-state index is 11.8. The summed E-state index contributed by atoms with van der Waals surface area (Å²) >= 11 is 0. The first-order valence-electron chi connectivity index (χ1n) is 5.67. The van der Waals surface area contributed by atoms with Gasteiger partial charge in [0.15, 0.2) is 11.5 Å². The highest BCUT2D eigenvalue weighted by Gasteiger charge is 2.19. The second kappa shape index (κ2) is 5.44. The summed E-state index contributed by atoms with van der Waals surface area (Å²) in [4.78, 5) is 17.3. The number of sulfone groups is 1. The summed E-state index contributed by atoms with van der Waals surface area (Å²) in [7, 11) is -2.34. The zero-order valence-corrected chi connectivity index (χ0v) is 12.0. The van der Waals surface area contributed by atoms with Crippen molar-refractivity contribution < 1.29 is 23.0 Å². The van der Waals surface area contributed by atoms with Gasteiger partial charge in [0, 0.05) is 6.26 Å². The Bertz CT molecular complexity index is 828. The number of benzene rings is 1. The van der Waals surface area contributed by atoms with Gasteiger partial charge in [0.2, 0.25) is 15.0 Å². The Kier molecular flexibility index (Phi) is 3.85. The van der Waals surface area contributed by atoms with Crippen LogP contribution in [-0.4, -0.2) is 36.9 Å². The highest BCUT2D eigenvalue weighted by atomic mass is 32.2. The fourth-order valence-electron chi connectivity index (χ4n) is 1.51. The maximum absolute atomic E-state index is 11.8. The molecule has 9 heteroatoms. The largest absolute Gasteiger partial charge is 0.493 e. The first-order chi connectivity index (χ1) is 9.82. The van der Waals surface area contributed by atoms with Gasteiger partial charge in [0.25, 0.3) is 17.2 Å². The SMILES string of the molecule is COc1ccccc1Oc1c(O)nc(S(C)(=O)=O)[nH]c1=O. The predicted molar refractivity (Wildman–Crippen MR) is 72.7 cm³/mol. The van der Waals surface area contributed by atoms with Crippen LogP contribution < -0.4 is 15.0 Å². The van der Waals surface area contributed by atoms with Crippen molar-refractivity contribution in [1.82, 2.24) is 9.97 Å². The summed E-state index contributed by atoms with van der Waals surface area (Å²) in [5.74, 6) is -0.838. The first kappa shape index (κ1) is 14.9. The Morgan fingerprint density at radius 1 is 1.24 bits per heavy atom. The van der Waals surface area contributed by atoms with Crippen molar-refractivity contribution in [2.45, 2.75) is 5.16 Å². The van der Waals surface area contributed by atoms with E-state index in [1.165, 1.54) is 13.2 Å². The molecule has 0 spiro atoms. The van der Waals surface area contributed by atoms with Crippen molar-refractivity contribution in [1.29, 1.82) is 0 Å². The fraction of sp³-hybridized carbons (Fsp3) is 0.167. The Hall–Kier alpha value is -2.55. The Balaban J connectivity index is 2.49. The van der Waals surface area contributed by atoms with E-state index in [0.717, 1.165) is 6.26 Å². The van der Waals surface area contributed by atoms with Crippen LogP contribution in [0.15, 0.2) is 34.2 Å². The van der Waals surface area contributed by atoms with Crippen LogP contribution in [0.1, 0.15) is 0 Å². The summed E-state index contributed by atoms with van der Waals surface area (Å²) in [5, 5.41) is 9.06. The normalized spacial score (nSPS) is 11.1. The molecule has 21 heavy (non-hydrogen) atoms. The topological polar surface area (TPSA) is 119 Å². The maximum Gasteiger partial charge on any atom is 0.298 e. The van der Waals surface area contributed by atoms with Gasteiger partial charge in [0.05, 0.1) is 7.11 Å². The highest BCUT2D eigenvalue weighted by Crippen LogP contribution is 2.32. The number of nitrogens with one attached hydrogen (secondary N) is 1. The first-order valence-corrected chi connectivity index (χ1v) is 7.56. The molecule has 0 aliphatic heterocycles. The quantitative estimate of drug-likeness (QED) is 0.797. The summed E-state index contributed by atoms with van der Waals surface area (Å²) in [6.45, 7) is 0. The lowest BCUT2D eigenvalue weighted by atomic mass is 10.3. The van der Waals surface area contributed by atoms with E-state index < -0.39 is 32.2 Å². The molecule has 2 N–H and O–H groups in total. The molecule has 1 aromatic heterocycles. The molecule has 0 saturated heterocycles. The van der Waals surface area contributed by atoms with Crippen LogP contribution in [0.4, 0.5) is 0 Å². The van der Waals surface area contributed by atoms with Crippen LogP contribution in [-0.2, 0) is 9.84 Å². The molecule has 0 unspecified atom stereocenters. The van der Waals surface area contributed by atoms with Gasteiger partial charge in [-0.3, -0.25) is 9.78 Å². The van der Waals surface area contributed by atoms with Crippen LogP contribution in [0.2, 0.25) is 0 Å². The van der Waals surface area contributed by atoms with Crippen molar-refractivity contribution in [3.05, 3.63) is 34.6 Å². The van der Waals surface area contributed by atoms with Crippen LogP contribution in [0, 0.1) is 0 Å². The molecule has 0 atom stereocenters. The molecule has 0 saturated carbocycles. The van der Waals surface area contributed by atoms with Gasteiger partial charge < -0.3 is 14.6 Å². The average molecular weight is 312 g/mol. The van der Waals surface area contributed by atoms with Crippen molar-refractivity contribution in [2.75, 3.05) is 13.4 Å². The number of ether oxygens (including phenoxy) is 2. The molecule has 0 aliphatic carbocycles. The van der Waals surface area contributed by atoms with Gasteiger partial charge in [-0.15, -0.1) is 0 Å². The third-order valence-corrected chi connectivity index (χ3v) is 3.37. The van der Waals surface area contributed by atoms with Crippen molar-refractivity contribution in [3.8, 4) is 23.1 Å². The molecule has 112 valence electrons. The minimum absolute atomic E-state index is 0.176. The number of aromatic nitrogens is 2. The van der Waals surface area contributed by atoms with Crippen molar-refractivity contribution in [2.24, 2.45) is 0 Å². The summed E-state index contributed by atoms with van der Waals surface area (Å²) in [6, 6.07) is 6.45. The van der Waals surface area contributed by atoms with E-state index in [1.807, 2.05) is 4.98 Å². The lowest BCUT2D eigenvalue weighted by Crippen LogP contribution is -2.16. The summed E-state index contributed by atoms with van der Waals surface area (Å²) < 4.78 is 32.9. The van der Waals surface area contributed by atoms with E-state index in [1.54, 1.807) is 18.2 Å². The van der Waals surface area contributed by atoms with Crippen molar-refractivity contribution in [3.63, 3.8) is 0 Å². The third kappa shape index (κ3) is 3.14.